The lowest BCUT2D eigenvalue weighted by atomic mass is 10.1. The lowest BCUT2D eigenvalue weighted by Crippen LogP contribution is -2.39. The van der Waals surface area contributed by atoms with E-state index in [1.807, 2.05) is 0 Å². The van der Waals surface area contributed by atoms with Crippen LogP contribution in [0.2, 0.25) is 0 Å². The molecule has 1 saturated carbocycles. The molecule has 1 N–H and O–H groups in total. The number of amides is 1. The van der Waals surface area contributed by atoms with Crippen molar-refractivity contribution in [3.05, 3.63) is 24.3 Å². The summed E-state index contributed by atoms with van der Waals surface area (Å²) in [7, 11) is -3.26. The Labute approximate surface area is 131 Å². The molecular formula is C16H23NO4S. The number of carboxylic acid groups (broad SMARTS) is 1. The van der Waals surface area contributed by atoms with Gasteiger partial charge in [0.25, 0.3) is 0 Å². The van der Waals surface area contributed by atoms with Crippen molar-refractivity contribution in [2.45, 2.75) is 56.4 Å². The summed E-state index contributed by atoms with van der Waals surface area (Å²) in [4.78, 5) is 13.3. The zero-order valence-corrected chi connectivity index (χ0v) is 13.7. The van der Waals surface area contributed by atoms with E-state index in [1.54, 1.807) is 19.1 Å². The van der Waals surface area contributed by atoms with Gasteiger partial charge in [0.1, 0.15) is 0 Å². The van der Waals surface area contributed by atoms with E-state index in [2.05, 4.69) is 0 Å². The second kappa shape index (κ2) is 7.13. The average Bonchev–Trinajstić information content (AvgIpc) is 2.77. The van der Waals surface area contributed by atoms with Gasteiger partial charge < -0.3 is 5.11 Å². The van der Waals surface area contributed by atoms with Crippen LogP contribution in [-0.2, 0) is 9.84 Å². The quantitative estimate of drug-likeness (QED) is 0.857. The second-order valence-corrected chi connectivity index (χ2v) is 7.97. The third-order valence-electron chi connectivity index (χ3n) is 4.25. The van der Waals surface area contributed by atoms with Crippen LogP contribution >= 0.6 is 0 Å². The molecular weight excluding hydrogens is 302 g/mol. The van der Waals surface area contributed by atoms with E-state index >= 15 is 0 Å². The van der Waals surface area contributed by atoms with Crippen molar-refractivity contribution in [2.24, 2.45) is 0 Å². The Morgan fingerprint density at radius 3 is 2.14 bits per heavy atom. The Balaban J connectivity index is 2.27. The standard InChI is InChI=1S/C16H23NO4S/c1-2-22(20,21)15-11-9-14(10-12-15)17(16(18)19)13-7-5-3-4-6-8-13/h9-13H,2-8H2,1H3,(H,18,19). The fraction of sp³-hybridized carbons (Fsp3) is 0.562. The van der Waals surface area contributed by atoms with E-state index < -0.39 is 15.9 Å². The molecule has 6 heteroatoms. The third-order valence-corrected chi connectivity index (χ3v) is 6.00. The molecule has 0 bridgehead atoms. The Morgan fingerprint density at radius 2 is 1.68 bits per heavy atom. The highest BCUT2D eigenvalue weighted by atomic mass is 32.2. The molecule has 0 unspecified atom stereocenters. The first-order chi connectivity index (χ1) is 10.5. The topological polar surface area (TPSA) is 74.7 Å². The molecule has 0 radical (unpaired) electrons. The Kier molecular flexibility index (Phi) is 5.45. The molecule has 0 saturated heterocycles. The summed E-state index contributed by atoms with van der Waals surface area (Å²) in [5.41, 5.74) is 0.550. The van der Waals surface area contributed by atoms with E-state index in [4.69, 9.17) is 0 Å². The van der Waals surface area contributed by atoms with Gasteiger partial charge in [-0.25, -0.2) is 13.2 Å². The van der Waals surface area contributed by atoms with Crippen molar-refractivity contribution in [2.75, 3.05) is 10.7 Å². The summed E-state index contributed by atoms with van der Waals surface area (Å²) in [6, 6.07) is 6.18. The fourth-order valence-corrected chi connectivity index (χ4v) is 3.86. The molecule has 22 heavy (non-hydrogen) atoms. The second-order valence-electron chi connectivity index (χ2n) is 5.70. The van der Waals surface area contributed by atoms with Crippen molar-refractivity contribution >= 4 is 21.6 Å². The predicted octanol–water partition coefficient (Wildman–Crippen LogP) is 3.69. The smallest absolute Gasteiger partial charge is 0.412 e. The van der Waals surface area contributed by atoms with Crippen LogP contribution in [0.1, 0.15) is 45.4 Å². The van der Waals surface area contributed by atoms with Gasteiger partial charge in [-0.05, 0) is 37.1 Å². The zero-order chi connectivity index (χ0) is 16.2. The molecule has 122 valence electrons. The van der Waals surface area contributed by atoms with Gasteiger partial charge in [0.15, 0.2) is 9.84 Å². The predicted molar refractivity (Wildman–Crippen MR) is 86.2 cm³/mol. The summed E-state index contributed by atoms with van der Waals surface area (Å²) in [6.45, 7) is 1.60. The van der Waals surface area contributed by atoms with E-state index in [9.17, 15) is 18.3 Å². The minimum absolute atomic E-state index is 0.0198. The number of anilines is 1. The Bertz CT molecular complexity index is 602. The monoisotopic (exact) mass is 325 g/mol. The van der Waals surface area contributed by atoms with Gasteiger partial charge in [-0.1, -0.05) is 32.6 Å². The van der Waals surface area contributed by atoms with E-state index in [0.29, 0.717) is 5.69 Å². The maximum atomic E-state index is 11.8. The SMILES string of the molecule is CCS(=O)(=O)c1ccc(N(C(=O)O)C2CCCCCC2)cc1. The van der Waals surface area contributed by atoms with E-state index in [-0.39, 0.29) is 16.7 Å². The van der Waals surface area contributed by atoms with Crippen LogP contribution in [0.15, 0.2) is 29.2 Å². The van der Waals surface area contributed by atoms with Gasteiger partial charge in [0.05, 0.1) is 10.6 Å². The number of benzene rings is 1. The summed E-state index contributed by atoms with van der Waals surface area (Å²) in [5, 5.41) is 9.55. The van der Waals surface area contributed by atoms with Crippen molar-refractivity contribution in [1.29, 1.82) is 0 Å². The molecule has 1 fully saturated rings. The zero-order valence-electron chi connectivity index (χ0n) is 12.9. The first-order valence-corrected chi connectivity index (χ1v) is 9.46. The molecule has 1 aliphatic rings. The van der Waals surface area contributed by atoms with Crippen LogP contribution in [0.5, 0.6) is 0 Å². The Hall–Kier alpha value is -1.56. The number of hydrogen-bond acceptors (Lipinski definition) is 3. The van der Waals surface area contributed by atoms with Gasteiger partial charge in [0.2, 0.25) is 0 Å². The number of carbonyl (C=O) groups is 1. The van der Waals surface area contributed by atoms with Crippen LogP contribution in [-0.4, -0.2) is 31.4 Å². The van der Waals surface area contributed by atoms with E-state index in [0.717, 1.165) is 38.5 Å². The normalized spacial score (nSPS) is 17.0. The molecule has 1 aliphatic carbocycles. The van der Waals surface area contributed by atoms with Crippen molar-refractivity contribution < 1.29 is 18.3 Å². The molecule has 1 aromatic carbocycles. The molecule has 2 rings (SSSR count). The molecule has 0 aliphatic heterocycles. The van der Waals surface area contributed by atoms with Gasteiger partial charge in [-0.2, -0.15) is 0 Å². The number of nitrogens with zero attached hydrogens (tertiary/aromatic N) is 1. The largest absolute Gasteiger partial charge is 0.465 e. The molecule has 1 aromatic rings. The summed E-state index contributed by atoms with van der Waals surface area (Å²) >= 11 is 0. The lowest BCUT2D eigenvalue weighted by Gasteiger charge is -2.28. The van der Waals surface area contributed by atoms with Crippen LogP contribution in [0.3, 0.4) is 0 Å². The molecule has 0 spiro atoms. The molecule has 1 amide bonds. The van der Waals surface area contributed by atoms with Gasteiger partial charge in [-0.15, -0.1) is 0 Å². The highest BCUT2D eigenvalue weighted by Gasteiger charge is 2.26. The van der Waals surface area contributed by atoms with Crippen LogP contribution in [0, 0.1) is 0 Å². The average molecular weight is 325 g/mol. The maximum Gasteiger partial charge on any atom is 0.412 e. The highest BCUT2D eigenvalue weighted by Crippen LogP contribution is 2.28. The minimum atomic E-state index is -3.26. The van der Waals surface area contributed by atoms with Gasteiger partial charge >= 0.3 is 6.09 Å². The maximum absolute atomic E-state index is 11.8. The van der Waals surface area contributed by atoms with Crippen LogP contribution < -0.4 is 4.90 Å². The van der Waals surface area contributed by atoms with E-state index in [1.165, 1.54) is 17.0 Å². The molecule has 0 heterocycles. The van der Waals surface area contributed by atoms with Crippen molar-refractivity contribution in [3.63, 3.8) is 0 Å². The van der Waals surface area contributed by atoms with Gasteiger partial charge in [0, 0.05) is 11.7 Å². The lowest BCUT2D eigenvalue weighted by molar-refractivity contribution is 0.198. The molecule has 0 aromatic heterocycles. The van der Waals surface area contributed by atoms with Crippen molar-refractivity contribution in [3.8, 4) is 0 Å². The minimum Gasteiger partial charge on any atom is -0.465 e. The first kappa shape index (κ1) is 16.8. The Morgan fingerprint density at radius 1 is 1.14 bits per heavy atom. The number of rotatable bonds is 4. The number of hydrogen-bond donors (Lipinski definition) is 1. The first-order valence-electron chi connectivity index (χ1n) is 7.80. The molecule has 0 atom stereocenters. The van der Waals surface area contributed by atoms with Gasteiger partial charge in [-0.3, -0.25) is 4.90 Å². The number of sulfone groups is 1. The summed E-state index contributed by atoms with van der Waals surface area (Å²) in [6.07, 6.45) is 5.13. The highest BCUT2D eigenvalue weighted by molar-refractivity contribution is 7.91. The third kappa shape index (κ3) is 3.80. The fourth-order valence-electron chi connectivity index (χ4n) is 2.97. The summed E-state index contributed by atoms with van der Waals surface area (Å²) < 4.78 is 23.7. The summed E-state index contributed by atoms with van der Waals surface area (Å²) in [5.74, 6) is 0.0393. The van der Waals surface area contributed by atoms with Crippen LogP contribution in [0.25, 0.3) is 0 Å². The van der Waals surface area contributed by atoms with Crippen LogP contribution in [0.4, 0.5) is 10.5 Å². The molecule has 5 nitrogen and oxygen atoms in total. The van der Waals surface area contributed by atoms with Crippen molar-refractivity contribution in [1.82, 2.24) is 0 Å².